The van der Waals surface area contributed by atoms with Crippen molar-refractivity contribution >= 4 is 0 Å². The van der Waals surface area contributed by atoms with Crippen LogP contribution in [0.5, 0.6) is 0 Å². The second-order valence-corrected chi connectivity index (χ2v) is 5.29. The molecule has 0 amide bonds. The van der Waals surface area contributed by atoms with Gasteiger partial charge in [0.15, 0.2) is 0 Å². The highest BCUT2D eigenvalue weighted by atomic mass is 16.5. The average molecular weight is 242 g/mol. The van der Waals surface area contributed by atoms with Gasteiger partial charge in [0.25, 0.3) is 0 Å². The summed E-state index contributed by atoms with van der Waals surface area (Å²) in [6, 6.07) is 0. The highest BCUT2D eigenvalue weighted by Crippen LogP contribution is 2.38. The third-order valence-corrected chi connectivity index (χ3v) is 3.55. The van der Waals surface area contributed by atoms with Crippen LogP contribution in [0.15, 0.2) is 0 Å². The van der Waals surface area contributed by atoms with E-state index in [2.05, 4.69) is 23.8 Å². The van der Waals surface area contributed by atoms with Crippen molar-refractivity contribution in [1.29, 1.82) is 0 Å². The van der Waals surface area contributed by atoms with Gasteiger partial charge in [0.1, 0.15) is 0 Å². The summed E-state index contributed by atoms with van der Waals surface area (Å²) in [6.45, 7) is 14.5. The lowest BCUT2D eigenvalue weighted by molar-refractivity contribution is -0.104. The Labute approximate surface area is 107 Å². The molecule has 2 fully saturated rings. The summed E-state index contributed by atoms with van der Waals surface area (Å²) < 4.78 is 5.33. The maximum Gasteiger partial charge on any atom is 0.0466 e. The van der Waals surface area contributed by atoms with Crippen molar-refractivity contribution in [1.82, 2.24) is 9.80 Å². The van der Waals surface area contributed by atoms with Gasteiger partial charge in [0.05, 0.1) is 0 Å². The summed E-state index contributed by atoms with van der Waals surface area (Å²) in [5, 5.41) is 0. The first-order valence-corrected chi connectivity index (χ1v) is 7.23. The van der Waals surface area contributed by atoms with Gasteiger partial charge in [-0.25, -0.2) is 0 Å². The Balaban J connectivity index is 0.000000686. The molecule has 0 N–H and O–H groups in total. The second-order valence-electron chi connectivity index (χ2n) is 5.29. The van der Waals surface area contributed by atoms with Gasteiger partial charge in [0, 0.05) is 44.8 Å². The largest absolute Gasteiger partial charge is 0.382 e. The monoisotopic (exact) mass is 242 g/mol. The predicted octanol–water partition coefficient (Wildman–Crippen LogP) is 2.08. The summed E-state index contributed by atoms with van der Waals surface area (Å²) in [7, 11) is 2.22. The minimum absolute atomic E-state index is 0.703. The van der Waals surface area contributed by atoms with Crippen molar-refractivity contribution in [2.75, 3.05) is 53.0 Å². The molecule has 0 aliphatic carbocycles. The molecular formula is C14H30N2O. The van der Waals surface area contributed by atoms with Crippen molar-refractivity contribution in [3.05, 3.63) is 0 Å². The van der Waals surface area contributed by atoms with Gasteiger partial charge in [-0.1, -0.05) is 13.8 Å². The number of likely N-dealkylation sites (tertiary alicyclic amines) is 2. The molecule has 1 spiro atoms. The first-order chi connectivity index (χ1) is 8.24. The molecule has 0 aromatic rings. The number of nitrogens with zero attached hydrogens (tertiary/aromatic N) is 2. The average Bonchev–Trinajstić information content (AvgIpc) is 2.26. The number of rotatable bonds is 6. The van der Waals surface area contributed by atoms with Crippen LogP contribution in [0.2, 0.25) is 0 Å². The minimum atomic E-state index is 0.703. The molecule has 17 heavy (non-hydrogen) atoms. The lowest BCUT2D eigenvalue weighted by Crippen LogP contribution is -2.71. The van der Waals surface area contributed by atoms with Crippen LogP contribution in [0.4, 0.5) is 0 Å². The van der Waals surface area contributed by atoms with E-state index in [4.69, 9.17) is 4.74 Å². The maximum atomic E-state index is 5.33. The fourth-order valence-electron chi connectivity index (χ4n) is 3.04. The van der Waals surface area contributed by atoms with Gasteiger partial charge in [0.2, 0.25) is 0 Å². The highest BCUT2D eigenvalue weighted by Gasteiger charge is 2.49. The molecule has 2 aliphatic rings. The zero-order valence-electron chi connectivity index (χ0n) is 12.2. The highest BCUT2D eigenvalue weighted by molar-refractivity contribution is 5.04. The molecule has 3 heteroatoms. The van der Waals surface area contributed by atoms with Crippen molar-refractivity contribution < 1.29 is 4.74 Å². The summed E-state index contributed by atoms with van der Waals surface area (Å²) in [5.74, 6) is 0. The van der Waals surface area contributed by atoms with E-state index in [0.29, 0.717) is 5.41 Å². The molecule has 0 bridgehead atoms. The number of unbranched alkanes of at least 4 members (excludes halogenated alkanes) is 1. The van der Waals surface area contributed by atoms with Gasteiger partial charge in [-0.2, -0.15) is 0 Å². The van der Waals surface area contributed by atoms with E-state index >= 15 is 0 Å². The Morgan fingerprint density at radius 3 is 2.24 bits per heavy atom. The van der Waals surface area contributed by atoms with E-state index in [1.807, 2.05) is 13.8 Å². The quantitative estimate of drug-likeness (QED) is 0.663. The lowest BCUT2D eigenvalue weighted by atomic mass is 9.73. The normalized spacial score (nSPS) is 22.6. The molecule has 102 valence electrons. The van der Waals surface area contributed by atoms with Crippen LogP contribution in [0.25, 0.3) is 0 Å². The molecule has 0 aromatic heterocycles. The van der Waals surface area contributed by atoms with Crippen LogP contribution in [0.3, 0.4) is 0 Å². The van der Waals surface area contributed by atoms with E-state index in [0.717, 1.165) is 13.2 Å². The van der Waals surface area contributed by atoms with E-state index in [-0.39, 0.29) is 0 Å². The molecule has 0 aromatic carbocycles. The van der Waals surface area contributed by atoms with E-state index < -0.39 is 0 Å². The maximum absolute atomic E-state index is 5.33. The Morgan fingerprint density at radius 2 is 1.71 bits per heavy atom. The molecule has 2 aliphatic heterocycles. The van der Waals surface area contributed by atoms with Gasteiger partial charge in [-0.05, 0) is 33.4 Å². The SMILES string of the molecule is CC.CCOCCCCN1CC2(CN(C)C2)C1. The topological polar surface area (TPSA) is 15.7 Å². The Morgan fingerprint density at radius 1 is 1.06 bits per heavy atom. The summed E-state index contributed by atoms with van der Waals surface area (Å²) in [4.78, 5) is 5.02. The van der Waals surface area contributed by atoms with Gasteiger partial charge in [-0.3, -0.25) is 0 Å². The van der Waals surface area contributed by atoms with E-state index in [1.54, 1.807) is 0 Å². The Hall–Kier alpha value is -0.120. The van der Waals surface area contributed by atoms with Crippen LogP contribution in [-0.4, -0.2) is 62.8 Å². The molecule has 0 radical (unpaired) electrons. The molecular weight excluding hydrogens is 212 g/mol. The summed E-state index contributed by atoms with van der Waals surface area (Å²) in [5.41, 5.74) is 0.703. The molecule has 2 saturated heterocycles. The number of hydrogen-bond acceptors (Lipinski definition) is 3. The first-order valence-electron chi connectivity index (χ1n) is 7.23. The van der Waals surface area contributed by atoms with Crippen molar-refractivity contribution in [3.63, 3.8) is 0 Å². The number of hydrogen-bond donors (Lipinski definition) is 0. The van der Waals surface area contributed by atoms with Gasteiger partial charge < -0.3 is 14.5 Å². The fraction of sp³-hybridized carbons (Fsp3) is 1.00. The molecule has 0 unspecified atom stereocenters. The Bertz CT molecular complexity index is 194. The molecule has 0 saturated carbocycles. The molecule has 2 rings (SSSR count). The predicted molar refractivity (Wildman–Crippen MR) is 73.4 cm³/mol. The fourth-order valence-corrected chi connectivity index (χ4v) is 3.04. The van der Waals surface area contributed by atoms with Crippen LogP contribution in [0, 0.1) is 5.41 Å². The van der Waals surface area contributed by atoms with Crippen molar-refractivity contribution in [2.45, 2.75) is 33.6 Å². The van der Waals surface area contributed by atoms with Crippen LogP contribution < -0.4 is 0 Å². The van der Waals surface area contributed by atoms with Crippen LogP contribution in [0.1, 0.15) is 33.6 Å². The molecule has 3 nitrogen and oxygen atoms in total. The van der Waals surface area contributed by atoms with Crippen molar-refractivity contribution in [2.24, 2.45) is 5.41 Å². The van der Waals surface area contributed by atoms with Crippen LogP contribution in [-0.2, 0) is 4.74 Å². The zero-order valence-corrected chi connectivity index (χ0v) is 12.2. The second kappa shape index (κ2) is 7.34. The summed E-state index contributed by atoms with van der Waals surface area (Å²) in [6.07, 6.45) is 2.52. The van der Waals surface area contributed by atoms with Crippen molar-refractivity contribution in [3.8, 4) is 0 Å². The van der Waals surface area contributed by atoms with Gasteiger partial charge in [-0.15, -0.1) is 0 Å². The molecule has 2 heterocycles. The Kier molecular flexibility index (Phi) is 6.45. The van der Waals surface area contributed by atoms with E-state index in [9.17, 15) is 0 Å². The number of ether oxygens (including phenoxy) is 1. The van der Waals surface area contributed by atoms with Gasteiger partial charge >= 0.3 is 0 Å². The summed E-state index contributed by atoms with van der Waals surface area (Å²) >= 11 is 0. The smallest absolute Gasteiger partial charge is 0.0466 e. The first kappa shape index (κ1) is 14.9. The third kappa shape index (κ3) is 4.23. The molecule has 0 atom stereocenters. The van der Waals surface area contributed by atoms with Crippen LogP contribution >= 0.6 is 0 Å². The van der Waals surface area contributed by atoms with E-state index in [1.165, 1.54) is 45.6 Å². The lowest BCUT2D eigenvalue weighted by Gasteiger charge is -2.59. The minimum Gasteiger partial charge on any atom is -0.382 e. The standard InChI is InChI=1S/C12H24N2O.C2H6/c1-3-15-7-5-4-6-14-10-12(11-14)8-13(2)9-12;1-2/h3-11H2,1-2H3;1-2H3. The zero-order chi connectivity index (χ0) is 12.7. The third-order valence-electron chi connectivity index (χ3n) is 3.55.